The van der Waals surface area contributed by atoms with Crippen molar-refractivity contribution in [2.24, 2.45) is 0 Å². The lowest BCUT2D eigenvalue weighted by Gasteiger charge is -2.25. The van der Waals surface area contributed by atoms with Crippen LogP contribution in [0, 0.1) is 0 Å². The second-order valence-corrected chi connectivity index (χ2v) is 5.95. The van der Waals surface area contributed by atoms with E-state index in [1.54, 1.807) is 6.08 Å². The van der Waals surface area contributed by atoms with E-state index < -0.39 is 6.10 Å². The molecule has 4 heteroatoms. The van der Waals surface area contributed by atoms with E-state index >= 15 is 0 Å². The quantitative estimate of drug-likeness (QED) is 0.811. The smallest absolute Gasteiger partial charge is 0.330 e. The lowest BCUT2D eigenvalue weighted by atomic mass is 10.00. The van der Waals surface area contributed by atoms with Crippen molar-refractivity contribution >= 4 is 5.97 Å². The minimum Gasteiger partial charge on any atom is -0.453 e. The van der Waals surface area contributed by atoms with E-state index in [-0.39, 0.29) is 24.3 Å². The van der Waals surface area contributed by atoms with Crippen molar-refractivity contribution in [3.8, 4) is 0 Å². The molecule has 1 fully saturated rings. The molecule has 4 atom stereocenters. The van der Waals surface area contributed by atoms with Crippen LogP contribution in [0.15, 0.2) is 72.8 Å². The molecule has 0 radical (unpaired) electrons. The number of esters is 1. The summed E-state index contributed by atoms with van der Waals surface area (Å²) in [6, 6.07) is 19.9. The van der Waals surface area contributed by atoms with Gasteiger partial charge in [0.05, 0.1) is 6.61 Å². The van der Waals surface area contributed by atoms with Crippen LogP contribution in [0.4, 0.5) is 0 Å². The summed E-state index contributed by atoms with van der Waals surface area (Å²) in [6.45, 7) is 0.447. The molecule has 0 N–H and O–H groups in total. The molecule has 2 aliphatic rings. The number of carbonyl (C=O) groups is 1. The third kappa shape index (κ3) is 2.98. The molecule has 4 nitrogen and oxygen atoms in total. The summed E-state index contributed by atoms with van der Waals surface area (Å²) in [4.78, 5) is 11.6. The van der Waals surface area contributed by atoms with E-state index in [9.17, 15) is 4.79 Å². The molecule has 122 valence electrons. The van der Waals surface area contributed by atoms with Gasteiger partial charge >= 0.3 is 5.97 Å². The van der Waals surface area contributed by atoms with Crippen LogP contribution in [0.1, 0.15) is 17.2 Å². The van der Waals surface area contributed by atoms with E-state index in [0.29, 0.717) is 6.61 Å². The van der Waals surface area contributed by atoms with Crippen LogP contribution in [0.5, 0.6) is 0 Å². The molecular weight excluding hydrogens is 304 g/mol. The summed E-state index contributed by atoms with van der Waals surface area (Å²) in [5.41, 5.74) is 2.10. The van der Waals surface area contributed by atoms with Gasteiger partial charge in [-0.05, 0) is 17.2 Å². The number of fused-ring (bicyclic) bond motifs is 1. The van der Waals surface area contributed by atoms with Crippen molar-refractivity contribution < 1.29 is 19.0 Å². The zero-order chi connectivity index (χ0) is 16.4. The predicted molar refractivity (Wildman–Crippen MR) is 88.1 cm³/mol. The molecule has 0 amide bonds. The Hall–Kier alpha value is -2.43. The van der Waals surface area contributed by atoms with E-state index in [1.807, 2.05) is 60.7 Å². The summed E-state index contributed by atoms with van der Waals surface area (Å²) in [5.74, 6) is -0.345. The third-order valence-corrected chi connectivity index (χ3v) is 4.34. The molecule has 1 saturated heterocycles. The van der Waals surface area contributed by atoms with Crippen LogP contribution in [0.3, 0.4) is 0 Å². The first-order valence-electron chi connectivity index (χ1n) is 8.06. The highest BCUT2D eigenvalue weighted by Crippen LogP contribution is 2.39. The maximum Gasteiger partial charge on any atom is 0.330 e. The number of hydrogen-bond donors (Lipinski definition) is 0. The zero-order valence-electron chi connectivity index (χ0n) is 13.1. The Morgan fingerprint density at radius 1 is 0.958 bits per heavy atom. The van der Waals surface area contributed by atoms with Gasteiger partial charge in [0.25, 0.3) is 0 Å². The largest absolute Gasteiger partial charge is 0.453 e. The second kappa shape index (κ2) is 6.59. The molecule has 24 heavy (non-hydrogen) atoms. The summed E-state index contributed by atoms with van der Waals surface area (Å²) in [6.07, 6.45) is 1.89. The van der Waals surface area contributed by atoms with Crippen LogP contribution in [0.25, 0.3) is 0 Å². The highest BCUT2D eigenvalue weighted by molar-refractivity contribution is 5.83. The van der Waals surface area contributed by atoms with Gasteiger partial charge in [-0.2, -0.15) is 0 Å². The number of rotatable bonds is 4. The molecular formula is C20H18O4. The normalized spacial score (nSPS) is 28.4. The Morgan fingerprint density at radius 3 is 2.42 bits per heavy atom. The van der Waals surface area contributed by atoms with Gasteiger partial charge in [0.15, 0.2) is 6.10 Å². The summed E-state index contributed by atoms with van der Waals surface area (Å²) in [7, 11) is 0. The number of ether oxygens (including phenoxy) is 3. The third-order valence-electron chi connectivity index (χ3n) is 4.34. The topological polar surface area (TPSA) is 44.8 Å². The lowest BCUT2D eigenvalue weighted by Crippen LogP contribution is -2.38. The van der Waals surface area contributed by atoms with Crippen LogP contribution < -0.4 is 0 Å². The maximum atomic E-state index is 11.6. The lowest BCUT2D eigenvalue weighted by molar-refractivity contribution is -0.152. The Morgan fingerprint density at radius 2 is 1.67 bits per heavy atom. The number of benzene rings is 2. The van der Waals surface area contributed by atoms with Crippen LogP contribution in [-0.2, 0) is 25.6 Å². The van der Waals surface area contributed by atoms with Gasteiger partial charge < -0.3 is 14.2 Å². The van der Waals surface area contributed by atoms with Gasteiger partial charge in [-0.1, -0.05) is 60.7 Å². The van der Waals surface area contributed by atoms with Crippen molar-refractivity contribution in [3.63, 3.8) is 0 Å². The van der Waals surface area contributed by atoms with Crippen molar-refractivity contribution in [3.05, 3.63) is 83.9 Å². The minimum atomic E-state index is -0.420. The molecule has 2 aromatic carbocycles. The Balaban J connectivity index is 1.58. The van der Waals surface area contributed by atoms with Gasteiger partial charge in [-0.15, -0.1) is 0 Å². The van der Waals surface area contributed by atoms with Gasteiger partial charge in [0.2, 0.25) is 0 Å². The zero-order valence-corrected chi connectivity index (χ0v) is 13.1. The summed E-state index contributed by atoms with van der Waals surface area (Å²) < 4.78 is 17.7. The molecule has 4 rings (SSSR count). The fourth-order valence-electron chi connectivity index (χ4n) is 3.18. The Bertz CT molecular complexity index is 726. The van der Waals surface area contributed by atoms with Gasteiger partial charge in [-0.25, -0.2) is 4.79 Å². The molecule has 0 saturated carbocycles. The average molecular weight is 322 g/mol. The van der Waals surface area contributed by atoms with Gasteiger partial charge in [-0.3, -0.25) is 0 Å². The monoisotopic (exact) mass is 322 g/mol. The molecule has 2 aromatic rings. The van der Waals surface area contributed by atoms with Crippen molar-refractivity contribution in [1.82, 2.24) is 0 Å². The maximum absolute atomic E-state index is 11.6. The van der Waals surface area contributed by atoms with Gasteiger partial charge in [0.1, 0.15) is 18.3 Å². The molecule has 0 aliphatic carbocycles. The number of hydrogen-bond acceptors (Lipinski definition) is 4. The first kappa shape index (κ1) is 15.1. The van der Waals surface area contributed by atoms with E-state index in [4.69, 9.17) is 14.2 Å². The molecule has 0 bridgehead atoms. The second-order valence-electron chi connectivity index (χ2n) is 5.95. The van der Waals surface area contributed by atoms with E-state index in [0.717, 1.165) is 11.1 Å². The molecule has 0 unspecified atom stereocenters. The predicted octanol–water partition coefficient (Wildman–Crippen LogP) is 3.19. The van der Waals surface area contributed by atoms with Crippen LogP contribution >= 0.6 is 0 Å². The Kier molecular flexibility index (Phi) is 4.15. The van der Waals surface area contributed by atoms with Crippen molar-refractivity contribution in [2.45, 2.75) is 31.0 Å². The Labute approximate surface area is 140 Å². The van der Waals surface area contributed by atoms with Crippen molar-refractivity contribution in [1.29, 1.82) is 0 Å². The highest BCUT2D eigenvalue weighted by Gasteiger charge is 2.48. The highest BCUT2D eigenvalue weighted by atomic mass is 16.6. The van der Waals surface area contributed by atoms with Crippen molar-refractivity contribution in [2.75, 3.05) is 0 Å². The first-order chi connectivity index (χ1) is 11.8. The van der Waals surface area contributed by atoms with Gasteiger partial charge in [0, 0.05) is 6.08 Å². The first-order valence-corrected chi connectivity index (χ1v) is 8.06. The van der Waals surface area contributed by atoms with Crippen LogP contribution in [0.2, 0.25) is 0 Å². The standard InChI is InChI=1S/C20H18O4/c21-17-12-11-16-19(24-17)20(22-13-14-7-3-1-4-8-14)18(23-16)15-9-5-2-6-10-15/h1-12,16,18-20H,13H2/t16-,18+,19+,20+/m0/s1. The van der Waals surface area contributed by atoms with E-state index in [1.165, 1.54) is 6.08 Å². The summed E-state index contributed by atoms with van der Waals surface area (Å²) >= 11 is 0. The summed E-state index contributed by atoms with van der Waals surface area (Å²) in [5, 5.41) is 0. The van der Waals surface area contributed by atoms with E-state index in [2.05, 4.69) is 0 Å². The molecule has 2 heterocycles. The fourth-order valence-corrected chi connectivity index (χ4v) is 3.18. The molecule has 2 aliphatic heterocycles. The fraction of sp³-hybridized carbons (Fsp3) is 0.250. The van der Waals surface area contributed by atoms with Crippen LogP contribution in [-0.4, -0.2) is 24.3 Å². The molecule has 0 aromatic heterocycles. The minimum absolute atomic E-state index is 0.263. The average Bonchev–Trinajstić information content (AvgIpc) is 2.99. The molecule has 0 spiro atoms. The number of carbonyl (C=O) groups excluding carboxylic acids is 1. The SMILES string of the molecule is O=C1C=C[C@@H]2O[C@H](c3ccccc3)[C@@H](OCc3ccccc3)[C@@H]2O1.